The Morgan fingerprint density at radius 3 is 2.30 bits per heavy atom. The highest BCUT2D eigenvalue weighted by Gasteiger charge is 2.16. The van der Waals surface area contributed by atoms with Crippen LogP contribution in [0.15, 0.2) is 54.6 Å². The van der Waals surface area contributed by atoms with Gasteiger partial charge in [0.1, 0.15) is 6.07 Å². The van der Waals surface area contributed by atoms with Crippen LogP contribution in [0.2, 0.25) is 0 Å². The van der Waals surface area contributed by atoms with E-state index in [1.165, 1.54) is 38.5 Å². The minimum Gasteiger partial charge on any atom is -0.494 e. The molecule has 0 saturated carbocycles. The first kappa shape index (κ1) is 18.2. The number of ether oxygens (including phenoxy) is 2. The Bertz CT molecular complexity index is 1030. The molecule has 136 valence electrons. The molecule has 27 heavy (non-hydrogen) atoms. The van der Waals surface area contributed by atoms with Crippen LogP contribution in [0, 0.1) is 23.0 Å². The van der Waals surface area contributed by atoms with Gasteiger partial charge in [0.25, 0.3) is 0 Å². The smallest absolute Gasteiger partial charge is 0.172 e. The molecule has 0 radical (unpaired) electrons. The van der Waals surface area contributed by atoms with Gasteiger partial charge in [-0.2, -0.15) is 5.26 Å². The molecule has 0 bridgehead atoms. The van der Waals surface area contributed by atoms with Crippen LogP contribution in [-0.2, 0) is 0 Å². The summed E-state index contributed by atoms with van der Waals surface area (Å²) in [6.45, 7) is 0. The van der Waals surface area contributed by atoms with Crippen molar-refractivity contribution in [2.24, 2.45) is 0 Å². The second-order valence-corrected chi connectivity index (χ2v) is 5.64. The summed E-state index contributed by atoms with van der Waals surface area (Å²) in [6, 6.07) is 16.2. The van der Waals surface area contributed by atoms with Gasteiger partial charge in [0, 0.05) is 22.9 Å². The molecule has 0 aromatic heterocycles. The Balaban J connectivity index is 2.07. The van der Waals surface area contributed by atoms with Crippen LogP contribution < -0.4 is 14.8 Å². The lowest BCUT2D eigenvalue weighted by Gasteiger charge is -2.14. The van der Waals surface area contributed by atoms with Crippen molar-refractivity contribution >= 4 is 11.4 Å². The van der Waals surface area contributed by atoms with Gasteiger partial charge in [-0.05, 0) is 24.3 Å². The molecule has 0 fully saturated rings. The molecule has 3 aromatic carbocycles. The SMILES string of the molecule is COc1cc(Nc2cccc(-c3cccc(OC)c3F)c2C#N)ccc1F. The van der Waals surface area contributed by atoms with E-state index in [0.717, 1.165) is 0 Å². The molecule has 0 saturated heterocycles. The van der Waals surface area contributed by atoms with Crippen LogP contribution in [0.4, 0.5) is 20.2 Å². The van der Waals surface area contributed by atoms with Gasteiger partial charge < -0.3 is 14.8 Å². The highest BCUT2D eigenvalue weighted by Crippen LogP contribution is 2.35. The second-order valence-electron chi connectivity index (χ2n) is 5.64. The molecule has 0 atom stereocenters. The van der Waals surface area contributed by atoms with Gasteiger partial charge in [0.15, 0.2) is 23.1 Å². The molecule has 0 spiro atoms. The summed E-state index contributed by atoms with van der Waals surface area (Å²) in [4.78, 5) is 0. The lowest BCUT2D eigenvalue weighted by Crippen LogP contribution is -1.98. The van der Waals surface area contributed by atoms with Crippen molar-refractivity contribution in [2.75, 3.05) is 19.5 Å². The Labute approximate surface area is 155 Å². The zero-order valence-electron chi connectivity index (χ0n) is 14.7. The summed E-state index contributed by atoms with van der Waals surface area (Å²) < 4.78 is 38.3. The van der Waals surface area contributed by atoms with Gasteiger partial charge >= 0.3 is 0 Å². The molecule has 6 heteroatoms. The average Bonchev–Trinajstić information content (AvgIpc) is 2.69. The van der Waals surface area contributed by atoms with Crippen molar-refractivity contribution in [1.29, 1.82) is 5.26 Å². The summed E-state index contributed by atoms with van der Waals surface area (Å²) in [5.41, 5.74) is 1.94. The molecule has 0 aliphatic heterocycles. The molecule has 0 aliphatic rings. The summed E-state index contributed by atoms with van der Waals surface area (Å²) in [6.07, 6.45) is 0. The minimum atomic E-state index is -0.544. The third-order valence-corrected chi connectivity index (χ3v) is 4.08. The fraction of sp³-hybridized carbons (Fsp3) is 0.0952. The van der Waals surface area contributed by atoms with E-state index in [0.29, 0.717) is 16.9 Å². The summed E-state index contributed by atoms with van der Waals surface area (Å²) >= 11 is 0. The number of anilines is 2. The molecule has 4 nitrogen and oxygen atoms in total. The number of halogens is 2. The van der Waals surface area contributed by atoms with Gasteiger partial charge in [0.2, 0.25) is 0 Å². The maximum atomic E-state index is 14.7. The van der Waals surface area contributed by atoms with E-state index >= 15 is 0 Å². The van der Waals surface area contributed by atoms with E-state index in [9.17, 15) is 14.0 Å². The van der Waals surface area contributed by atoms with E-state index in [1.807, 2.05) is 0 Å². The van der Waals surface area contributed by atoms with E-state index < -0.39 is 11.6 Å². The van der Waals surface area contributed by atoms with E-state index in [4.69, 9.17) is 9.47 Å². The number of nitriles is 1. The average molecular weight is 366 g/mol. The first-order valence-corrected chi connectivity index (χ1v) is 8.05. The van der Waals surface area contributed by atoms with E-state index in [-0.39, 0.29) is 22.6 Å². The van der Waals surface area contributed by atoms with Crippen LogP contribution in [-0.4, -0.2) is 14.2 Å². The topological polar surface area (TPSA) is 54.3 Å². The van der Waals surface area contributed by atoms with Crippen LogP contribution >= 0.6 is 0 Å². The number of benzene rings is 3. The fourth-order valence-electron chi connectivity index (χ4n) is 2.77. The van der Waals surface area contributed by atoms with Gasteiger partial charge in [-0.1, -0.05) is 24.3 Å². The Kier molecular flexibility index (Phi) is 5.23. The van der Waals surface area contributed by atoms with Gasteiger partial charge in [-0.25, -0.2) is 8.78 Å². The zero-order chi connectivity index (χ0) is 19.4. The first-order chi connectivity index (χ1) is 13.1. The molecule has 0 unspecified atom stereocenters. The normalized spacial score (nSPS) is 10.2. The monoisotopic (exact) mass is 366 g/mol. The van der Waals surface area contributed by atoms with Crippen molar-refractivity contribution in [3.8, 4) is 28.7 Å². The predicted octanol–water partition coefficient (Wildman–Crippen LogP) is 5.26. The van der Waals surface area contributed by atoms with Crippen LogP contribution in [0.3, 0.4) is 0 Å². The van der Waals surface area contributed by atoms with Crippen molar-refractivity contribution in [1.82, 2.24) is 0 Å². The summed E-state index contributed by atoms with van der Waals surface area (Å²) in [5, 5.41) is 12.7. The number of rotatable bonds is 5. The molecule has 0 heterocycles. The quantitative estimate of drug-likeness (QED) is 0.669. The molecule has 1 N–H and O–H groups in total. The van der Waals surface area contributed by atoms with Crippen LogP contribution in [0.25, 0.3) is 11.1 Å². The van der Waals surface area contributed by atoms with Crippen molar-refractivity contribution < 1.29 is 18.3 Å². The van der Waals surface area contributed by atoms with E-state index in [1.54, 1.807) is 30.3 Å². The Morgan fingerprint density at radius 2 is 1.59 bits per heavy atom. The number of nitrogens with one attached hydrogen (secondary N) is 1. The largest absolute Gasteiger partial charge is 0.494 e. The first-order valence-electron chi connectivity index (χ1n) is 8.05. The maximum Gasteiger partial charge on any atom is 0.172 e. The third-order valence-electron chi connectivity index (χ3n) is 4.08. The van der Waals surface area contributed by atoms with Gasteiger partial charge in [0.05, 0.1) is 25.5 Å². The Hall–Kier alpha value is -3.59. The second kappa shape index (κ2) is 7.75. The molecule has 0 amide bonds. The third kappa shape index (κ3) is 3.53. The fourth-order valence-corrected chi connectivity index (χ4v) is 2.77. The van der Waals surface area contributed by atoms with Gasteiger partial charge in [-0.15, -0.1) is 0 Å². The predicted molar refractivity (Wildman–Crippen MR) is 99.3 cm³/mol. The van der Waals surface area contributed by atoms with Crippen molar-refractivity contribution in [3.05, 3.63) is 71.8 Å². The van der Waals surface area contributed by atoms with Crippen molar-refractivity contribution in [3.63, 3.8) is 0 Å². The van der Waals surface area contributed by atoms with Gasteiger partial charge in [-0.3, -0.25) is 0 Å². The molecular weight excluding hydrogens is 350 g/mol. The van der Waals surface area contributed by atoms with Crippen molar-refractivity contribution in [2.45, 2.75) is 0 Å². The Morgan fingerprint density at radius 1 is 0.889 bits per heavy atom. The van der Waals surface area contributed by atoms with Crippen LogP contribution in [0.5, 0.6) is 11.5 Å². The zero-order valence-corrected chi connectivity index (χ0v) is 14.7. The maximum absolute atomic E-state index is 14.7. The molecule has 3 rings (SSSR count). The molecule has 3 aromatic rings. The number of methoxy groups -OCH3 is 2. The summed E-state index contributed by atoms with van der Waals surface area (Å²) in [5.74, 6) is -0.862. The number of hydrogen-bond acceptors (Lipinski definition) is 4. The minimum absolute atomic E-state index is 0.0773. The lowest BCUT2D eigenvalue weighted by molar-refractivity contribution is 0.387. The standard InChI is InChI=1S/C21H16F2N2O2/c1-26-19-8-4-6-15(21(19)23)14-5-3-7-18(16(14)12-24)25-13-9-10-17(22)20(11-13)27-2/h3-11,25H,1-2H3. The number of nitrogens with zero attached hydrogens (tertiary/aromatic N) is 1. The summed E-state index contributed by atoms with van der Waals surface area (Å²) in [7, 11) is 2.75. The van der Waals surface area contributed by atoms with E-state index in [2.05, 4.69) is 11.4 Å². The molecular formula is C21H16F2N2O2. The molecule has 0 aliphatic carbocycles. The highest BCUT2D eigenvalue weighted by atomic mass is 19.1. The highest BCUT2D eigenvalue weighted by molar-refractivity contribution is 5.81. The lowest BCUT2D eigenvalue weighted by atomic mass is 9.98. The number of hydrogen-bond donors (Lipinski definition) is 1. The van der Waals surface area contributed by atoms with Crippen LogP contribution in [0.1, 0.15) is 5.56 Å².